The van der Waals surface area contributed by atoms with Crippen LogP contribution in [-0.4, -0.2) is 23.9 Å². The van der Waals surface area contributed by atoms with Gasteiger partial charge in [0.25, 0.3) is 0 Å². The molecule has 0 radical (unpaired) electrons. The Kier molecular flexibility index (Phi) is 9.40. The van der Waals surface area contributed by atoms with Crippen LogP contribution in [0, 0.1) is 35.9 Å². The quantitative estimate of drug-likeness (QED) is 0.414. The zero-order valence-electron chi connectivity index (χ0n) is 22.3. The second-order valence-electron chi connectivity index (χ2n) is 11.3. The van der Waals surface area contributed by atoms with E-state index in [1.165, 1.54) is 31.4 Å². The average Bonchev–Trinajstić information content (AvgIpc) is 3.21. The first-order chi connectivity index (χ1) is 16.5. The van der Waals surface area contributed by atoms with Crippen LogP contribution in [0.25, 0.3) is 0 Å². The number of Topliss-reactive ketones (excluding diaryl/α,β-unsaturated/α-hetero) is 1. The van der Waals surface area contributed by atoms with Gasteiger partial charge in [-0.15, -0.1) is 0 Å². The molecule has 5 heteroatoms. The largest absolute Gasteiger partial charge is 0.304 e. The van der Waals surface area contributed by atoms with E-state index in [-0.39, 0.29) is 17.5 Å². The summed E-state index contributed by atoms with van der Waals surface area (Å²) < 4.78 is 13.2. The normalized spacial score (nSPS) is 24.1. The maximum Gasteiger partial charge on any atom is 0.138 e. The summed E-state index contributed by atoms with van der Waals surface area (Å²) in [5.41, 5.74) is 3.75. The minimum Gasteiger partial charge on any atom is -0.304 e. The van der Waals surface area contributed by atoms with Gasteiger partial charge in [-0.1, -0.05) is 64.8 Å². The molecule has 2 unspecified atom stereocenters. The number of nitrogens with zero attached hydrogens (tertiary/aromatic N) is 2. The number of hydrogen-bond acceptors (Lipinski definition) is 3. The highest BCUT2D eigenvalue weighted by molar-refractivity contribution is 6.30. The first-order valence-electron chi connectivity index (χ1n) is 13.1. The molecule has 0 aromatic heterocycles. The molecule has 2 fully saturated rings. The zero-order chi connectivity index (χ0) is 25.8. The van der Waals surface area contributed by atoms with Gasteiger partial charge in [0.1, 0.15) is 11.6 Å². The van der Waals surface area contributed by atoms with Gasteiger partial charge >= 0.3 is 0 Å². The topological polar surface area (TPSA) is 23.6 Å². The lowest BCUT2D eigenvalue weighted by Gasteiger charge is -2.39. The SMILES string of the molecule is CC1CC[C@H](C)C(C)(C)C1.CCC(=O)C1CN(Cc2ccc(F)cc2)N(c2ccc(Cl)cc2C)C1. The van der Waals surface area contributed by atoms with E-state index in [2.05, 4.69) is 37.7 Å². The first-order valence-corrected chi connectivity index (χ1v) is 13.4. The third-order valence-electron chi connectivity index (χ3n) is 7.99. The lowest BCUT2D eigenvalue weighted by Crippen LogP contribution is -2.36. The number of aryl methyl sites for hydroxylation is 1. The van der Waals surface area contributed by atoms with Crippen LogP contribution in [0.1, 0.15) is 71.4 Å². The number of carbonyl (C=O) groups excluding carboxylic acids is 1. The van der Waals surface area contributed by atoms with E-state index >= 15 is 0 Å². The van der Waals surface area contributed by atoms with E-state index in [1.54, 1.807) is 12.1 Å². The Morgan fingerprint density at radius 1 is 1.09 bits per heavy atom. The number of hydrazine groups is 1. The van der Waals surface area contributed by atoms with Crippen molar-refractivity contribution in [3.63, 3.8) is 0 Å². The fourth-order valence-electron chi connectivity index (χ4n) is 5.46. The fourth-order valence-corrected chi connectivity index (χ4v) is 5.69. The van der Waals surface area contributed by atoms with Crippen LogP contribution in [0.2, 0.25) is 5.02 Å². The summed E-state index contributed by atoms with van der Waals surface area (Å²) in [4.78, 5) is 12.2. The van der Waals surface area contributed by atoms with Gasteiger partial charge in [0.15, 0.2) is 0 Å². The molecule has 3 atom stereocenters. The Hall–Kier alpha value is -1.91. The number of halogens is 2. The standard InChI is InChI=1S/C20H22ClFN2O.C10H20/c1-3-20(25)16-12-23(11-15-4-7-18(22)8-5-15)24(13-16)19-9-6-17(21)10-14(19)2;1-8-5-6-9(2)10(3,4)7-8/h4-10,16H,3,11-13H2,1-2H3;8-9H,5-7H2,1-4H3/t;8?,9-/m.0/s1. The molecule has 2 aliphatic rings. The monoisotopic (exact) mass is 500 g/mol. The summed E-state index contributed by atoms with van der Waals surface area (Å²) >= 11 is 6.08. The smallest absolute Gasteiger partial charge is 0.138 e. The van der Waals surface area contributed by atoms with Crippen LogP contribution in [-0.2, 0) is 11.3 Å². The Bertz CT molecular complexity index is 990. The second kappa shape index (κ2) is 11.9. The van der Waals surface area contributed by atoms with Crippen LogP contribution >= 0.6 is 11.6 Å². The molecule has 192 valence electrons. The van der Waals surface area contributed by atoms with E-state index in [1.807, 2.05) is 32.0 Å². The van der Waals surface area contributed by atoms with Crippen LogP contribution in [0.3, 0.4) is 0 Å². The molecular formula is C30H42ClFN2O. The highest BCUT2D eigenvalue weighted by atomic mass is 35.5. The number of rotatable bonds is 5. The lowest BCUT2D eigenvalue weighted by molar-refractivity contribution is -0.121. The predicted octanol–water partition coefficient (Wildman–Crippen LogP) is 8.09. The predicted molar refractivity (Wildman–Crippen MR) is 145 cm³/mol. The van der Waals surface area contributed by atoms with Crippen molar-refractivity contribution in [1.29, 1.82) is 0 Å². The molecule has 1 aliphatic heterocycles. The van der Waals surface area contributed by atoms with Crippen molar-refractivity contribution in [3.8, 4) is 0 Å². The number of benzene rings is 2. The Morgan fingerprint density at radius 3 is 2.34 bits per heavy atom. The van der Waals surface area contributed by atoms with Crippen molar-refractivity contribution in [2.24, 2.45) is 23.2 Å². The van der Waals surface area contributed by atoms with Crippen LogP contribution in [0.4, 0.5) is 10.1 Å². The van der Waals surface area contributed by atoms with Crippen LogP contribution < -0.4 is 5.01 Å². The van der Waals surface area contributed by atoms with E-state index in [0.29, 0.717) is 36.5 Å². The minimum absolute atomic E-state index is 0.0134. The van der Waals surface area contributed by atoms with E-state index in [0.717, 1.165) is 28.7 Å². The minimum atomic E-state index is -0.241. The maximum atomic E-state index is 13.2. The van der Waals surface area contributed by atoms with Gasteiger partial charge in [0, 0.05) is 31.1 Å². The molecule has 2 aromatic carbocycles. The van der Waals surface area contributed by atoms with Gasteiger partial charge in [0.2, 0.25) is 0 Å². The summed E-state index contributed by atoms with van der Waals surface area (Å²) in [6, 6.07) is 12.3. The average molecular weight is 501 g/mol. The molecular weight excluding hydrogens is 459 g/mol. The first kappa shape index (κ1) is 27.7. The van der Waals surface area contributed by atoms with Crippen molar-refractivity contribution in [3.05, 3.63) is 64.4 Å². The van der Waals surface area contributed by atoms with E-state index in [9.17, 15) is 9.18 Å². The molecule has 0 amide bonds. The second-order valence-corrected chi connectivity index (χ2v) is 11.7. The van der Waals surface area contributed by atoms with Gasteiger partial charge < -0.3 is 5.01 Å². The van der Waals surface area contributed by atoms with Crippen molar-refractivity contribution in [1.82, 2.24) is 5.01 Å². The summed E-state index contributed by atoms with van der Waals surface area (Å²) in [6.07, 6.45) is 4.86. The molecule has 3 nitrogen and oxygen atoms in total. The summed E-state index contributed by atoms with van der Waals surface area (Å²) in [7, 11) is 0. The molecule has 1 heterocycles. The number of anilines is 1. The molecule has 2 aromatic rings. The number of carbonyl (C=O) groups is 1. The van der Waals surface area contributed by atoms with Gasteiger partial charge in [-0.05, 0) is 78.5 Å². The maximum absolute atomic E-state index is 13.2. The number of hydrogen-bond donors (Lipinski definition) is 0. The lowest BCUT2D eigenvalue weighted by atomic mass is 9.66. The molecule has 1 aliphatic carbocycles. The molecule has 1 saturated carbocycles. The van der Waals surface area contributed by atoms with Crippen molar-refractivity contribution in [2.45, 2.75) is 73.8 Å². The highest BCUT2D eigenvalue weighted by Gasteiger charge is 2.34. The zero-order valence-corrected chi connectivity index (χ0v) is 23.0. The van der Waals surface area contributed by atoms with Crippen molar-refractivity contribution in [2.75, 3.05) is 18.1 Å². The molecule has 4 rings (SSSR count). The highest BCUT2D eigenvalue weighted by Crippen LogP contribution is 2.42. The van der Waals surface area contributed by atoms with E-state index in [4.69, 9.17) is 11.6 Å². The fraction of sp³-hybridized carbons (Fsp3) is 0.567. The summed E-state index contributed by atoms with van der Waals surface area (Å²) in [5, 5.41) is 5.03. The molecule has 0 N–H and O–H groups in total. The third-order valence-corrected chi connectivity index (χ3v) is 8.22. The van der Waals surface area contributed by atoms with Crippen LogP contribution in [0.15, 0.2) is 42.5 Å². The van der Waals surface area contributed by atoms with Crippen LogP contribution in [0.5, 0.6) is 0 Å². The van der Waals surface area contributed by atoms with Gasteiger partial charge in [-0.3, -0.25) is 4.79 Å². The third kappa shape index (κ3) is 7.30. The molecule has 0 spiro atoms. The van der Waals surface area contributed by atoms with Gasteiger partial charge in [0.05, 0.1) is 11.6 Å². The van der Waals surface area contributed by atoms with E-state index < -0.39 is 0 Å². The Balaban J connectivity index is 0.000000287. The number of ketones is 1. The van der Waals surface area contributed by atoms with Gasteiger partial charge in [-0.2, -0.15) is 0 Å². The van der Waals surface area contributed by atoms with Gasteiger partial charge in [-0.25, -0.2) is 9.40 Å². The summed E-state index contributed by atoms with van der Waals surface area (Å²) in [5.74, 6) is 1.92. The summed E-state index contributed by atoms with van der Waals surface area (Å²) in [6.45, 7) is 15.5. The molecule has 35 heavy (non-hydrogen) atoms. The molecule has 1 saturated heterocycles. The van der Waals surface area contributed by atoms with Crippen molar-refractivity contribution < 1.29 is 9.18 Å². The Labute approximate surface area is 216 Å². The van der Waals surface area contributed by atoms with Crippen molar-refractivity contribution >= 4 is 23.1 Å². The molecule has 0 bridgehead atoms. The Morgan fingerprint density at radius 2 is 1.77 bits per heavy atom.